The molecule has 0 N–H and O–H groups in total. The highest BCUT2D eigenvalue weighted by molar-refractivity contribution is 6.30. The SMILES string of the molecule is COc1cccc(CN(C)C(=O)[C@@H]2CCCN(C(=O)c3ccc(Cl)cc3)C2)c1. The average Bonchev–Trinajstić information content (AvgIpc) is 2.73. The number of carbonyl (C=O) groups excluding carboxylic acids is 2. The first-order valence-electron chi connectivity index (χ1n) is 9.40. The number of methoxy groups -OCH3 is 1. The molecule has 1 saturated heterocycles. The van der Waals surface area contributed by atoms with Crippen LogP contribution < -0.4 is 4.74 Å². The van der Waals surface area contributed by atoms with Crippen LogP contribution >= 0.6 is 11.6 Å². The number of likely N-dealkylation sites (tertiary alicyclic amines) is 1. The van der Waals surface area contributed by atoms with Crippen molar-refractivity contribution in [1.82, 2.24) is 9.80 Å². The Labute approximate surface area is 170 Å². The Morgan fingerprint density at radius 1 is 1.21 bits per heavy atom. The predicted molar refractivity (Wildman–Crippen MR) is 110 cm³/mol. The van der Waals surface area contributed by atoms with E-state index in [1.165, 1.54) is 0 Å². The molecule has 28 heavy (non-hydrogen) atoms. The van der Waals surface area contributed by atoms with Crippen LogP contribution in [-0.4, -0.2) is 48.9 Å². The van der Waals surface area contributed by atoms with Gasteiger partial charge in [0.15, 0.2) is 0 Å². The van der Waals surface area contributed by atoms with Crippen molar-refractivity contribution in [3.8, 4) is 5.75 Å². The zero-order chi connectivity index (χ0) is 20.1. The summed E-state index contributed by atoms with van der Waals surface area (Å²) < 4.78 is 5.25. The van der Waals surface area contributed by atoms with Crippen LogP contribution in [0.15, 0.2) is 48.5 Å². The van der Waals surface area contributed by atoms with Crippen molar-refractivity contribution in [3.05, 3.63) is 64.7 Å². The summed E-state index contributed by atoms with van der Waals surface area (Å²) >= 11 is 5.90. The molecule has 0 radical (unpaired) electrons. The first-order chi connectivity index (χ1) is 13.5. The first kappa shape index (κ1) is 20.2. The van der Waals surface area contributed by atoms with Gasteiger partial charge in [0, 0.05) is 37.3 Å². The minimum atomic E-state index is -0.180. The molecule has 6 heteroatoms. The summed E-state index contributed by atoms with van der Waals surface area (Å²) in [5, 5.41) is 0.599. The molecule has 0 saturated carbocycles. The first-order valence-corrected chi connectivity index (χ1v) is 9.78. The van der Waals surface area contributed by atoms with E-state index in [9.17, 15) is 9.59 Å². The lowest BCUT2D eigenvalue weighted by Crippen LogP contribution is -2.45. The molecule has 2 amide bonds. The molecule has 1 aliphatic rings. The van der Waals surface area contributed by atoms with E-state index >= 15 is 0 Å². The van der Waals surface area contributed by atoms with Gasteiger partial charge in [0.25, 0.3) is 5.91 Å². The fourth-order valence-electron chi connectivity index (χ4n) is 3.57. The number of hydrogen-bond acceptors (Lipinski definition) is 3. The number of amides is 2. The normalized spacial score (nSPS) is 16.5. The van der Waals surface area contributed by atoms with Crippen LogP contribution in [0, 0.1) is 5.92 Å². The molecule has 1 aliphatic heterocycles. The molecule has 1 atom stereocenters. The van der Waals surface area contributed by atoms with Gasteiger partial charge in [0.1, 0.15) is 5.75 Å². The summed E-state index contributed by atoms with van der Waals surface area (Å²) in [6, 6.07) is 14.6. The van der Waals surface area contributed by atoms with E-state index in [0.29, 0.717) is 30.2 Å². The van der Waals surface area contributed by atoms with Gasteiger partial charge in [-0.15, -0.1) is 0 Å². The molecule has 0 spiro atoms. The van der Waals surface area contributed by atoms with Crippen molar-refractivity contribution in [1.29, 1.82) is 0 Å². The van der Waals surface area contributed by atoms with Crippen molar-refractivity contribution >= 4 is 23.4 Å². The van der Waals surface area contributed by atoms with E-state index in [4.69, 9.17) is 16.3 Å². The number of benzene rings is 2. The second kappa shape index (κ2) is 9.11. The van der Waals surface area contributed by atoms with E-state index in [2.05, 4.69) is 0 Å². The van der Waals surface area contributed by atoms with Crippen molar-refractivity contribution < 1.29 is 14.3 Å². The lowest BCUT2D eigenvalue weighted by molar-refractivity contribution is -0.136. The second-order valence-corrected chi connectivity index (χ2v) is 7.58. The van der Waals surface area contributed by atoms with Gasteiger partial charge in [-0.25, -0.2) is 0 Å². The predicted octanol–water partition coefficient (Wildman–Crippen LogP) is 3.86. The smallest absolute Gasteiger partial charge is 0.253 e. The molecule has 2 aromatic rings. The summed E-state index contributed by atoms with van der Waals surface area (Å²) in [6.45, 7) is 1.63. The number of halogens is 1. The van der Waals surface area contributed by atoms with Crippen LogP contribution in [0.2, 0.25) is 5.02 Å². The van der Waals surface area contributed by atoms with Gasteiger partial charge in [-0.1, -0.05) is 23.7 Å². The summed E-state index contributed by atoms with van der Waals surface area (Å²) in [5.74, 6) is 0.609. The third kappa shape index (κ3) is 4.84. The Balaban J connectivity index is 1.63. The molecule has 1 heterocycles. The van der Waals surface area contributed by atoms with Gasteiger partial charge in [-0.05, 0) is 54.8 Å². The standard InChI is InChI=1S/C22H25ClN2O3/c1-24(14-16-5-3-7-20(13-16)28-2)21(26)18-6-4-12-25(15-18)22(27)17-8-10-19(23)11-9-17/h3,5,7-11,13,18H,4,6,12,14-15H2,1-2H3/t18-/m1/s1. The van der Waals surface area contributed by atoms with E-state index in [1.807, 2.05) is 31.3 Å². The number of ether oxygens (including phenoxy) is 1. The molecular weight excluding hydrogens is 376 g/mol. The quantitative estimate of drug-likeness (QED) is 0.765. The average molecular weight is 401 g/mol. The van der Waals surface area contributed by atoms with Crippen LogP contribution in [0.3, 0.4) is 0 Å². The fourth-order valence-corrected chi connectivity index (χ4v) is 3.70. The summed E-state index contributed by atoms with van der Waals surface area (Å²) in [5.41, 5.74) is 1.61. The number of nitrogens with zero attached hydrogens (tertiary/aromatic N) is 2. The third-order valence-electron chi connectivity index (χ3n) is 5.08. The third-order valence-corrected chi connectivity index (χ3v) is 5.33. The Morgan fingerprint density at radius 3 is 2.68 bits per heavy atom. The number of rotatable bonds is 5. The van der Waals surface area contributed by atoms with Gasteiger partial charge in [0.2, 0.25) is 5.91 Å². The highest BCUT2D eigenvalue weighted by Crippen LogP contribution is 2.22. The second-order valence-electron chi connectivity index (χ2n) is 7.14. The molecule has 1 fully saturated rings. The summed E-state index contributed by atoms with van der Waals surface area (Å²) in [4.78, 5) is 29.2. The van der Waals surface area contributed by atoms with Crippen molar-refractivity contribution in [2.75, 3.05) is 27.2 Å². The van der Waals surface area contributed by atoms with Crippen LogP contribution in [0.25, 0.3) is 0 Å². The van der Waals surface area contributed by atoms with Crippen LogP contribution in [0.5, 0.6) is 5.75 Å². The van der Waals surface area contributed by atoms with Gasteiger partial charge in [-0.3, -0.25) is 9.59 Å². The number of hydrogen-bond donors (Lipinski definition) is 0. The maximum Gasteiger partial charge on any atom is 0.253 e. The Bertz CT molecular complexity index is 838. The maximum absolute atomic E-state index is 12.9. The highest BCUT2D eigenvalue weighted by atomic mass is 35.5. The highest BCUT2D eigenvalue weighted by Gasteiger charge is 2.30. The van der Waals surface area contributed by atoms with Gasteiger partial charge in [-0.2, -0.15) is 0 Å². The fraction of sp³-hybridized carbons (Fsp3) is 0.364. The van der Waals surface area contributed by atoms with Crippen molar-refractivity contribution in [2.24, 2.45) is 5.92 Å². The molecular formula is C22H25ClN2O3. The van der Waals surface area contributed by atoms with Gasteiger partial charge >= 0.3 is 0 Å². The van der Waals surface area contributed by atoms with Gasteiger partial charge in [0.05, 0.1) is 13.0 Å². The Morgan fingerprint density at radius 2 is 1.96 bits per heavy atom. The van der Waals surface area contributed by atoms with Crippen molar-refractivity contribution in [3.63, 3.8) is 0 Å². The Kier molecular flexibility index (Phi) is 6.57. The van der Waals surface area contributed by atoms with Gasteiger partial charge < -0.3 is 14.5 Å². The lowest BCUT2D eigenvalue weighted by atomic mass is 9.95. The Hall–Kier alpha value is -2.53. The van der Waals surface area contributed by atoms with E-state index in [-0.39, 0.29) is 17.7 Å². The largest absolute Gasteiger partial charge is 0.497 e. The topological polar surface area (TPSA) is 49.9 Å². The minimum absolute atomic E-state index is 0.0513. The van der Waals surface area contributed by atoms with E-state index in [0.717, 1.165) is 24.2 Å². The lowest BCUT2D eigenvalue weighted by Gasteiger charge is -2.34. The van der Waals surface area contributed by atoms with Crippen LogP contribution in [0.4, 0.5) is 0 Å². The number of piperidine rings is 1. The summed E-state index contributed by atoms with van der Waals surface area (Å²) in [7, 11) is 3.43. The van der Waals surface area contributed by atoms with E-state index in [1.54, 1.807) is 41.2 Å². The van der Waals surface area contributed by atoms with E-state index < -0.39 is 0 Å². The van der Waals surface area contributed by atoms with Crippen LogP contribution in [-0.2, 0) is 11.3 Å². The molecule has 0 unspecified atom stereocenters. The monoisotopic (exact) mass is 400 g/mol. The molecule has 0 aliphatic carbocycles. The molecule has 2 aromatic carbocycles. The zero-order valence-electron chi connectivity index (χ0n) is 16.2. The molecule has 3 rings (SSSR count). The van der Waals surface area contributed by atoms with Crippen LogP contribution in [0.1, 0.15) is 28.8 Å². The molecule has 5 nitrogen and oxygen atoms in total. The number of carbonyl (C=O) groups is 2. The minimum Gasteiger partial charge on any atom is -0.497 e. The summed E-state index contributed by atoms with van der Waals surface area (Å²) in [6.07, 6.45) is 1.62. The molecule has 0 aromatic heterocycles. The zero-order valence-corrected chi connectivity index (χ0v) is 17.0. The molecule has 0 bridgehead atoms. The molecule has 148 valence electrons. The van der Waals surface area contributed by atoms with Crippen molar-refractivity contribution in [2.45, 2.75) is 19.4 Å². The maximum atomic E-state index is 12.9.